The maximum atomic E-state index is 12.3. The molecule has 0 atom stereocenters. The van der Waals surface area contributed by atoms with Crippen LogP contribution < -0.4 is 16.2 Å². The first-order valence-electron chi connectivity index (χ1n) is 6.05. The lowest BCUT2D eigenvalue weighted by Gasteiger charge is -2.09. The first-order chi connectivity index (χ1) is 10.3. The molecule has 10 nitrogen and oxygen atoms in total. The van der Waals surface area contributed by atoms with Crippen molar-refractivity contribution in [3.63, 3.8) is 0 Å². The molecule has 0 bridgehead atoms. The quantitative estimate of drug-likeness (QED) is 0.597. The summed E-state index contributed by atoms with van der Waals surface area (Å²) < 4.78 is 33.6. The van der Waals surface area contributed by atoms with Crippen LogP contribution in [-0.2, 0) is 10.0 Å². The van der Waals surface area contributed by atoms with E-state index < -0.39 is 22.0 Å². The zero-order chi connectivity index (χ0) is 16.1. The molecular formula is C11H11N5O5S. The summed E-state index contributed by atoms with van der Waals surface area (Å²) in [5.74, 6) is -1.09. The van der Waals surface area contributed by atoms with Gasteiger partial charge >= 0.3 is 6.03 Å². The van der Waals surface area contributed by atoms with E-state index in [2.05, 4.69) is 9.38 Å². The number of nitrogens with zero attached hydrogens (tertiary/aromatic N) is 2. The number of primary amides is 2. The van der Waals surface area contributed by atoms with Crippen LogP contribution in [0.4, 0.5) is 4.79 Å². The van der Waals surface area contributed by atoms with Crippen molar-refractivity contribution in [1.29, 1.82) is 0 Å². The van der Waals surface area contributed by atoms with Crippen molar-refractivity contribution in [1.82, 2.24) is 9.88 Å². The first kappa shape index (κ1) is 14.1. The fraction of sp³-hybridized carbons (Fsp3) is 0.182. The predicted octanol–water partition coefficient (Wildman–Crippen LogP) is -1.09. The van der Waals surface area contributed by atoms with E-state index in [0.717, 1.165) is 6.20 Å². The molecule has 0 radical (unpaired) electrons. The topological polar surface area (TPSA) is 161 Å². The molecule has 0 aliphatic carbocycles. The molecule has 5 N–H and O–H groups in total. The number of H-pyrrole nitrogens is 1. The number of aromatic nitrogens is 1. The Bertz CT molecular complexity index is 850. The van der Waals surface area contributed by atoms with Gasteiger partial charge in [0.05, 0.1) is 25.1 Å². The lowest BCUT2D eigenvalue weighted by atomic mass is 10.2. The van der Waals surface area contributed by atoms with Gasteiger partial charge in [0, 0.05) is 11.8 Å². The third kappa shape index (κ3) is 2.11. The summed E-state index contributed by atoms with van der Waals surface area (Å²) in [5.41, 5.74) is 10.7. The second-order valence-corrected chi connectivity index (χ2v) is 6.26. The average Bonchev–Trinajstić information content (AvgIpc) is 2.98. The van der Waals surface area contributed by atoms with Crippen molar-refractivity contribution < 1.29 is 22.7 Å². The van der Waals surface area contributed by atoms with Crippen LogP contribution >= 0.6 is 0 Å². The molecule has 22 heavy (non-hydrogen) atoms. The number of sulfonamides is 1. The number of likely N-dealkylation sites (tertiary alicyclic amines) is 1. The second-order valence-electron chi connectivity index (χ2n) is 4.69. The molecule has 3 amide bonds. The maximum absolute atomic E-state index is 12.3. The molecule has 3 rings (SSSR count). The standard InChI is InChI=1S/C11H11N5O5S/c12-10(17)8-9-7(1-14-8)22(19,20)15-6-3-16(11(13)18)2-5(6)4-21-9/h1,4,14H,2-3H2,(H2,12,17)(H2,13,18). The Morgan fingerprint density at radius 3 is 2.68 bits per heavy atom. The molecule has 0 saturated carbocycles. The Hall–Kier alpha value is -2.82. The number of urea groups is 1. The highest BCUT2D eigenvalue weighted by Gasteiger charge is 2.33. The zero-order valence-corrected chi connectivity index (χ0v) is 11.9. The van der Waals surface area contributed by atoms with Gasteiger partial charge in [-0.1, -0.05) is 0 Å². The van der Waals surface area contributed by atoms with Gasteiger partial charge in [-0.05, 0) is 0 Å². The highest BCUT2D eigenvalue weighted by Crippen LogP contribution is 2.32. The van der Waals surface area contributed by atoms with Crippen LogP contribution in [0.1, 0.15) is 10.5 Å². The number of nitrogens with two attached hydrogens (primary N) is 2. The number of aromatic amines is 1. The second kappa shape index (κ2) is 4.59. The minimum absolute atomic E-state index is 0.0355. The number of amides is 3. The van der Waals surface area contributed by atoms with Gasteiger partial charge in [0.1, 0.15) is 5.69 Å². The highest BCUT2D eigenvalue weighted by atomic mass is 32.2. The molecule has 0 unspecified atom stereocenters. The summed E-state index contributed by atoms with van der Waals surface area (Å²) in [4.78, 5) is 25.9. The number of hydrogen-bond acceptors (Lipinski definition) is 5. The smallest absolute Gasteiger partial charge is 0.315 e. The van der Waals surface area contributed by atoms with Crippen molar-refractivity contribution in [3.05, 3.63) is 23.7 Å². The fourth-order valence-electron chi connectivity index (χ4n) is 2.19. The minimum atomic E-state index is -4.11. The Labute approximate surface area is 124 Å². The average molecular weight is 325 g/mol. The summed E-state index contributed by atoms with van der Waals surface area (Å²) >= 11 is 0. The van der Waals surface area contributed by atoms with Gasteiger partial charge in [0.15, 0.2) is 10.6 Å². The van der Waals surface area contributed by atoms with Crippen LogP contribution in [0.5, 0.6) is 5.75 Å². The van der Waals surface area contributed by atoms with Crippen LogP contribution in [0, 0.1) is 0 Å². The summed E-state index contributed by atoms with van der Waals surface area (Å²) in [7, 11) is -4.11. The monoisotopic (exact) mass is 325 g/mol. The molecule has 0 aromatic carbocycles. The first-order valence-corrected chi connectivity index (χ1v) is 7.49. The molecule has 1 fully saturated rings. The molecule has 2 aliphatic heterocycles. The van der Waals surface area contributed by atoms with Crippen LogP contribution in [0.25, 0.3) is 0 Å². The lowest BCUT2D eigenvalue weighted by Crippen LogP contribution is -2.33. The van der Waals surface area contributed by atoms with Gasteiger partial charge in [-0.15, -0.1) is 0 Å². The predicted molar refractivity (Wildman–Crippen MR) is 73.8 cm³/mol. The summed E-state index contributed by atoms with van der Waals surface area (Å²) in [6, 6.07) is -0.703. The summed E-state index contributed by atoms with van der Waals surface area (Å²) in [5, 5.41) is 0. The van der Waals surface area contributed by atoms with E-state index in [1.54, 1.807) is 0 Å². The van der Waals surface area contributed by atoms with E-state index in [1.807, 2.05) is 0 Å². The number of carbonyl (C=O) groups is 2. The van der Waals surface area contributed by atoms with Crippen molar-refractivity contribution >= 4 is 27.7 Å². The molecule has 2 aliphatic rings. The third-order valence-corrected chi connectivity index (χ3v) is 4.58. The van der Waals surface area contributed by atoms with Crippen LogP contribution in [-0.4, -0.2) is 49.0 Å². The highest BCUT2D eigenvalue weighted by molar-refractivity contribution is 7.90. The van der Waals surface area contributed by atoms with E-state index in [4.69, 9.17) is 16.2 Å². The number of fused-ring (bicyclic) bond motifs is 2. The van der Waals surface area contributed by atoms with E-state index in [-0.39, 0.29) is 35.1 Å². The molecule has 1 saturated heterocycles. The Morgan fingerprint density at radius 2 is 2.05 bits per heavy atom. The molecule has 11 heteroatoms. The van der Waals surface area contributed by atoms with Gasteiger partial charge in [0.2, 0.25) is 0 Å². The Morgan fingerprint density at radius 1 is 1.32 bits per heavy atom. The van der Waals surface area contributed by atoms with Crippen molar-refractivity contribution in [2.45, 2.75) is 4.90 Å². The number of rotatable bonds is 1. The van der Waals surface area contributed by atoms with Crippen LogP contribution in [0.15, 0.2) is 27.3 Å². The van der Waals surface area contributed by atoms with Gasteiger partial charge in [0.25, 0.3) is 15.9 Å². The fourth-order valence-corrected chi connectivity index (χ4v) is 3.35. The van der Waals surface area contributed by atoms with Crippen molar-refractivity contribution in [2.75, 3.05) is 13.1 Å². The summed E-state index contributed by atoms with van der Waals surface area (Å²) in [6.45, 7) is 0.0293. The van der Waals surface area contributed by atoms with Crippen molar-refractivity contribution in [2.24, 2.45) is 15.9 Å². The van der Waals surface area contributed by atoms with Gasteiger partial charge < -0.3 is 26.1 Å². The van der Waals surface area contributed by atoms with E-state index in [0.29, 0.717) is 5.57 Å². The van der Waals surface area contributed by atoms with Crippen LogP contribution in [0.3, 0.4) is 0 Å². The Balaban J connectivity index is 2.14. The lowest BCUT2D eigenvalue weighted by molar-refractivity contribution is 0.0993. The summed E-state index contributed by atoms with van der Waals surface area (Å²) in [6.07, 6.45) is 2.31. The number of nitrogens with one attached hydrogen (secondary N) is 1. The van der Waals surface area contributed by atoms with Crippen LogP contribution in [0.2, 0.25) is 0 Å². The zero-order valence-electron chi connectivity index (χ0n) is 11.1. The molecule has 3 heterocycles. The minimum Gasteiger partial charge on any atom is -0.461 e. The molecular weight excluding hydrogens is 314 g/mol. The normalized spacial score (nSPS) is 19.0. The largest absolute Gasteiger partial charge is 0.461 e. The molecule has 1 aromatic heterocycles. The maximum Gasteiger partial charge on any atom is 0.315 e. The molecule has 116 valence electrons. The third-order valence-electron chi connectivity index (χ3n) is 3.26. The van der Waals surface area contributed by atoms with E-state index in [1.165, 1.54) is 11.2 Å². The van der Waals surface area contributed by atoms with Gasteiger partial charge in [-0.2, -0.15) is 12.8 Å². The van der Waals surface area contributed by atoms with Crippen molar-refractivity contribution in [3.8, 4) is 5.75 Å². The molecule has 0 spiro atoms. The van der Waals surface area contributed by atoms with E-state index in [9.17, 15) is 18.0 Å². The number of ether oxygens (including phenoxy) is 1. The van der Waals surface area contributed by atoms with Gasteiger partial charge in [-0.25, -0.2) is 4.79 Å². The number of carbonyl (C=O) groups excluding carboxylic acids is 2. The molecule has 1 aromatic rings. The SMILES string of the molecule is NC(=O)c1[nH]cc2c1OC=C1CN(C(N)=O)CC1=NS2(=O)=O. The van der Waals surface area contributed by atoms with Gasteiger partial charge in [-0.3, -0.25) is 4.79 Å². The van der Waals surface area contributed by atoms with E-state index >= 15 is 0 Å². The Kier molecular flexibility index (Phi) is 2.95. The number of hydrogen-bond donors (Lipinski definition) is 3.